The van der Waals surface area contributed by atoms with Gasteiger partial charge >= 0.3 is 0 Å². The van der Waals surface area contributed by atoms with Crippen LogP contribution < -0.4 is 5.73 Å². The molecule has 0 saturated carbocycles. The largest absolute Gasteiger partial charge is 0.481 e. The number of carbonyl (C=O) groups excluding carboxylic acids is 2. The first kappa shape index (κ1) is 26.1. The van der Waals surface area contributed by atoms with Crippen molar-refractivity contribution in [2.45, 2.75) is 26.3 Å². The summed E-state index contributed by atoms with van der Waals surface area (Å²) in [5, 5.41) is 8.79. The molecule has 0 spiro atoms. The SMILES string of the molecule is C#CC1CN(C(=O)CC#N)CC1N=C(/C(C)=C/C(=C)C(=C)C=NC(=C)OC)C(C)C(N)=O. The summed E-state index contributed by atoms with van der Waals surface area (Å²) in [4.78, 5) is 34.3. The topological polar surface area (TPSA) is 121 Å². The predicted molar refractivity (Wildman–Crippen MR) is 125 cm³/mol. The van der Waals surface area contributed by atoms with Crippen molar-refractivity contribution in [3.63, 3.8) is 0 Å². The Balaban J connectivity index is 3.25. The molecule has 0 aliphatic carbocycles. The van der Waals surface area contributed by atoms with Crippen molar-refractivity contribution >= 4 is 23.7 Å². The van der Waals surface area contributed by atoms with E-state index >= 15 is 0 Å². The zero-order valence-corrected chi connectivity index (χ0v) is 18.8. The molecule has 1 saturated heterocycles. The molecule has 2 amide bonds. The molecule has 8 nitrogen and oxygen atoms in total. The number of rotatable bonds is 10. The zero-order valence-electron chi connectivity index (χ0n) is 18.8. The van der Waals surface area contributed by atoms with E-state index in [4.69, 9.17) is 27.1 Å². The fraction of sp³-hybridized carbons (Fsp3) is 0.375. The summed E-state index contributed by atoms with van der Waals surface area (Å²) in [6.45, 7) is 15.5. The van der Waals surface area contributed by atoms with E-state index in [1.807, 2.05) is 6.07 Å². The summed E-state index contributed by atoms with van der Waals surface area (Å²) in [6, 6.07) is 1.42. The van der Waals surface area contributed by atoms with E-state index in [1.165, 1.54) is 18.2 Å². The van der Waals surface area contributed by atoms with Crippen LogP contribution in [0.2, 0.25) is 0 Å². The molecule has 3 atom stereocenters. The summed E-state index contributed by atoms with van der Waals surface area (Å²) in [7, 11) is 1.46. The summed E-state index contributed by atoms with van der Waals surface area (Å²) < 4.78 is 4.88. The van der Waals surface area contributed by atoms with Crippen LogP contribution in [0.1, 0.15) is 20.3 Å². The molecule has 168 valence electrons. The lowest BCUT2D eigenvalue weighted by atomic mass is 9.94. The average molecular weight is 436 g/mol. The summed E-state index contributed by atoms with van der Waals surface area (Å²) >= 11 is 0. The average Bonchev–Trinajstić information content (AvgIpc) is 3.17. The number of nitrogens with zero attached hydrogens (tertiary/aromatic N) is 4. The van der Waals surface area contributed by atoms with Crippen LogP contribution in [-0.2, 0) is 14.3 Å². The highest BCUT2D eigenvalue weighted by Gasteiger charge is 2.35. The maximum absolute atomic E-state index is 12.1. The molecule has 0 aromatic rings. The maximum Gasteiger partial charge on any atom is 0.236 e. The van der Waals surface area contributed by atoms with Crippen molar-refractivity contribution in [3.05, 3.63) is 48.4 Å². The van der Waals surface area contributed by atoms with Crippen LogP contribution in [-0.4, -0.2) is 54.9 Å². The quantitative estimate of drug-likeness (QED) is 0.245. The number of hydrogen-bond acceptors (Lipinski definition) is 6. The number of aliphatic imine (C=N–C) groups is 2. The molecular weight excluding hydrogens is 406 g/mol. The van der Waals surface area contributed by atoms with Gasteiger partial charge in [0.25, 0.3) is 0 Å². The highest BCUT2D eigenvalue weighted by atomic mass is 16.5. The first-order valence-corrected chi connectivity index (χ1v) is 9.87. The fourth-order valence-electron chi connectivity index (χ4n) is 3.05. The van der Waals surface area contributed by atoms with Crippen LogP contribution in [0, 0.1) is 35.5 Å². The summed E-state index contributed by atoms with van der Waals surface area (Å²) in [5.74, 6) is 0.989. The minimum atomic E-state index is -0.698. The van der Waals surface area contributed by atoms with Crippen molar-refractivity contribution in [2.75, 3.05) is 20.2 Å². The maximum atomic E-state index is 12.1. The Morgan fingerprint density at radius 2 is 2.00 bits per heavy atom. The van der Waals surface area contributed by atoms with Crippen molar-refractivity contribution in [1.29, 1.82) is 5.26 Å². The monoisotopic (exact) mass is 435 g/mol. The number of nitrogens with two attached hydrogens (primary N) is 1. The molecule has 1 aliphatic heterocycles. The lowest BCUT2D eigenvalue weighted by molar-refractivity contribution is -0.129. The smallest absolute Gasteiger partial charge is 0.236 e. The Morgan fingerprint density at radius 3 is 2.53 bits per heavy atom. The van der Waals surface area contributed by atoms with Gasteiger partial charge in [0.1, 0.15) is 6.42 Å². The first-order valence-electron chi connectivity index (χ1n) is 9.87. The molecular formula is C24H29N5O3. The Labute approximate surface area is 189 Å². The lowest BCUT2D eigenvalue weighted by Crippen LogP contribution is -2.31. The van der Waals surface area contributed by atoms with Gasteiger partial charge in [0.15, 0.2) is 0 Å². The second kappa shape index (κ2) is 12.1. The summed E-state index contributed by atoms with van der Waals surface area (Å²) in [5.41, 5.74) is 7.71. The number of hydrogen-bond donors (Lipinski definition) is 1. The first-order chi connectivity index (χ1) is 15.0. The van der Waals surface area contributed by atoms with Gasteiger partial charge in [0, 0.05) is 19.3 Å². The van der Waals surface area contributed by atoms with Gasteiger partial charge in [0.05, 0.1) is 36.8 Å². The molecule has 1 aliphatic rings. The van der Waals surface area contributed by atoms with Crippen molar-refractivity contribution in [3.8, 4) is 18.4 Å². The van der Waals surface area contributed by atoms with Gasteiger partial charge < -0.3 is 15.4 Å². The van der Waals surface area contributed by atoms with E-state index in [0.717, 1.165) is 0 Å². The number of primary amides is 1. The third kappa shape index (κ3) is 7.10. The van der Waals surface area contributed by atoms with Gasteiger partial charge in [0.2, 0.25) is 17.7 Å². The molecule has 0 aromatic carbocycles. The molecule has 1 heterocycles. The van der Waals surface area contributed by atoms with E-state index in [0.29, 0.717) is 29.0 Å². The number of allylic oxidation sites excluding steroid dienone is 4. The van der Waals surface area contributed by atoms with Gasteiger partial charge in [-0.2, -0.15) is 5.26 Å². The van der Waals surface area contributed by atoms with Crippen LogP contribution in [0.25, 0.3) is 0 Å². The Bertz CT molecular complexity index is 975. The highest BCUT2D eigenvalue weighted by Crippen LogP contribution is 2.23. The van der Waals surface area contributed by atoms with Crippen LogP contribution >= 0.6 is 0 Å². The molecule has 1 rings (SSSR count). The molecule has 32 heavy (non-hydrogen) atoms. The van der Waals surface area contributed by atoms with Crippen molar-refractivity contribution in [1.82, 2.24) is 4.90 Å². The molecule has 8 heteroatoms. The van der Waals surface area contributed by atoms with Crippen molar-refractivity contribution in [2.24, 2.45) is 27.6 Å². The molecule has 1 fully saturated rings. The molecule has 2 N–H and O–H groups in total. The minimum absolute atomic E-state index is 0.223. The van der Waals surface area contributed by atoms with Gasteiger partial charge in [-0.3, -0.25) is 14.6 Å². The van der Waals surface area contributed by atoms with Gasteiger partial charge in [-0.15, -0.1) is 6.42 Å². The zero-order chi connectivity index (χ0) is 24.4. The highest BCUT2D eigenvalue weighted by molar-refractivity contribution is 6.12. The number of methoxy groups -OCH3 is 1. The molecule has 0 bridgehead atoms. The van der Waals surface area contributed by atoms with E-state index in [1.54, 1.807) is 19.9 Å². The Hall–Kier alpha value is -3.91. The van der Waals surface area contributed by atoms with E-state index < -0.39 is 17.9 Å². The second-order valence-corrected chi connectivity index (χ2v) is 7.35. The molecule has 0 aromatic heterocycles. The second-order valence-electron chi connectivity index (χ2n) is 7.35. The van der Waals surface area contributed by atoms with E-state index in [-0.39, 0.29) is 30.7 Å². The van der Waals surface area contributed by atoms with Gasteiger partial charge in [-0.05, 0) is 37.1 Å². The van der Waals surface area contributed by atoms with Crippen molar-refractivity contribution < 1.29 is 14.3 Å². The number of nitriles is 1. The predicted octanol–water partition coefficient (Wildman–Crippen LogP) is 2.17. The van der Waals surface area contributed by atoms with Crippen LogP contribution in [0.15, 0.2) is 58.4 Å². The lowest BCUT2D eigenvalue weighted by Gasteiger charge is -2.18. The van der Waals surface area contributed by atoms with Crippen LogP contribution in [0.3, 0.4) is 0 Å². The number of carbonyl (C=O) groups is 2. The van der Waals surface area contributed by atoms with Gasteiger partial charge in [-0.1, -0.05) is 25.2 Å². The fourth-order valence-corrected chi connectivity index (χ4v) is 3.05. The Kier molecular flexibility index (Phi) is 9.85. The number of ether oxygens (including phenoxy) is 1. The molecule has 3 unspecified atom stereocenters. The van der Waals surface area contributed by atoms with E-state index in [9.17, 15) is 9.59 Å². The van der Waals surface area contributed by atoms with E-state index in [2.05, 4.69) is 30.6 Å². The normalized spacial score (nSPS) is 19.7. The molecule has 0 radical (unpaired) electrons. The number of terminal acetylenes is 1. The standard InChI is InChI=1S/C24H29N5O3/c1-8-20-13-29(22(30)9-10-25)14-21(20)28-23(18(5)24(26)31)16(3)11-15(2)17(4)12-27-19(6)32-7/h1,11-12,18,20-21H,2,4,6,9,13-14H2,3,5,7H3,(H2,26,31)/b16-11+,27-12?,28-23?. The number of amides is 2. The number of likely N-dealkylation sites (tertiary alicyclic amines) is 1. The van der Waals surface area contributed by atoms with Gasteiger partial charge in [-0.25, -0.2) is 4.99 Å². The summed E-state index contributed by atoms with van der Waals surface area (Å²) in [6.07, 6.45) is 8.62. The minimum Gasteiger partial charge on any atom is -0.481 e. The Morgan fingerprint density at radius 1 is 1.34 bits per heavy atom. The third-order valence-corrected chi connectivity index (χ3v) is 5.04. The van der Waals surface area contributed by atoms with Crippen LogP contribution in [0.5, 0.6) is 0 Å². The third-order valence-electron chi connectivity index (χ3n) is 5.04. The van der Waals surface area contributed by atoms with Crippen LogP contribution in [0.4, 0.5) is 0 Å².